The van der Waals surface area contributed by atoms with E-state index in [9.17, 15) is 0 Å². The summed E-state index contributed by atoms with van der Waals surface area (Å²) >= 11 is 0. The van der Waals surface area contributed by atoms with Crippen molar-refractivity contribution in [3.63, 3.8) is 0 Å². The molecule has 0 bridgehead atoms. The van der Waals surface area contributed by atoms with Crippen molar-refractivity contribution in [1.29, 1.82) is 0 Å². The van der Waals surface area contributed by atoms with E-state index in [0.29, 0.717) is 0 Å². The number of rotatable bonds is 4. The first-order valence-corrected chi connectivity index (χ1v) is 7.48. The maximum Gasteiger partial charge on any atom is 0.114 e. The molecule has 0 unspecified atom stereocenters. The van der Waals surface area contributed by atoms with Crippen LogP contribution in [-0.4, -0.2) is 9.55 Å². The van der Waals surface area contributed by atoms with E-state index < -0.39 is 0 Å². The standard InChI is InChI=1S/C18H21N3/c1-3-10-21-17-7-5-4-6-16(17)20-18(21)12-14-8-9-15(19)11-13(14)2/h4-9,11H,3,10,12,19H2,1-2H3. The second-order valence-corrected chi connectivity index (χ2v) is 5.53. The van der Waals surface area contributed by atoms with Gasteiger partial charge in [0.1, 0.15) is 5.82 Å². The van der Waals surface area contributed by atoms with E-state index in [2.05, 4.69) is 42.7 Å². The highest BCUT2D eigenvalue weighted by Crippen LogP contribution is 2.21. The van der Waals surface area contributed by atoms with Crippen LogP contribution >= 0.6 is 0 Å². The predicted octanol–water partition coefficient (Wildman–Crippen LogP) is 3.93. The van der Waals surface area contributed by atoms with Crippen LogP contribution in [0.25, 0.3) is 11.0 Å². The summed E-state index contributed by atoms with van der Waals surface area (Å²) in [5.41, 5.74) is 11.5. The fourth-order valence-electron chi connectivity index (χ4n) is 2.82. The number of aryl methyl sites for hydroxylation is 2. The number of imidazole rings is 1. The Bertz CT molecular complexity index is 771. The van der Waals surface area contributed by atoms with Gasteiger partial charge in [-0.05, 0) is 48.7 Å². The van der Waals surface area contributed by atoms with Gasteiger partial charge in [0.25, 0.3) is 0 Å². The van der Waals surface area contributed by atoms with Crippen LogP contribution in [0, 0.1) is 6.92 Å². The van der Waals surface area contributed by atoms with Crippen molar-refractivity contribution in [2.75, 3.05) is 5.73 Å². The Morgan fingerprint density at radius 3 is 2.71 bits per heavy atom. The molecule has 1 aromatic heterocycles. The lowest BCUT2D eigenvalue weighted by Gasteiger charge is -2.10. The molecule has 0 radical (unpaired) electrons. The van der Waals surface area contributed by atoms with Gasteiger partial charge in [-0.3, -0.25) is 0 Å². The van der Waals surface area contributed by atoms with E-state index in [4.69, 9.17) is 10.7 Å². The van der Waals surface area contributed by atoms with Crippen LogP contribution in [0.4, 0.5) is 5.69 Å². The lowest BCUT2D eigenvalue weighted by atomic mass is 10.0. The molecule has 0 aliphatic carbocycles. The average molecular weight is 279 g/mol. The molecule has 21 heavy (non-hydrogen) atoms. The summed E-state index contributed by atoms with van der Waals surface area (Å²) in [4.78, 5) is 4.82. The summed E-state index contributed by atoms with van der Waals surface area (Å²) in [5.74, 6) is 1.13. The van der Waals surface area contributed by atoms with Gasteiger partial charge in [0, 0.05) is 18.7 Å². The number of hydrogen-bond acceptors (Lipinski definition) is 2. The molecule has 2 aromatic carbocycles. The number of benzene rings is 2. The molecule has 3 rings (SSSR count). The quantitative estimate of drug-likeness (QED) is 0.735. The number of para-hydroxylation sites is 2. The molecule has 108 valence electrons. The van der Waals surface area contributed by atoms with Gasteiger partial charge in [-0.1, -0.05) is 25.1 Å². The smallest absolute Gasteiger partial charge is 0.114 e. The minimum Gasteiger partial charge on any atom is -0.399 e. The molecule has 0 amide bonds. The zero-order valence-electron chi connectivity index (χ0n) is 12.6. The predicted molar refractivity (Wildman–Crippen MR) is 88.4 cm³/mol. The number of aromatic nitrogens is 2. The summed E-state index contributed by atoms with van der Waals surface area (Å²) in [6.07, 6.45) is 1.95. The zero-order valence-corrected chi connectivity index (χ0v) is 12.6. The second kappa shape index (κ2) is 5.60. The summed E-state index contributed by atoms with van der Waals surface area (Å²) in [6, 6.07) is 14.5. The summed E-state index contributed by atoms with van der Waals surface area (Å²) in [7, 11) is 0. The Labute approximate surface area is 125 Å². The molecule has 1 heterocycles. The van der Waals surface area contributed by atoms with Gasteiger partial charge < -0.3 is 10.3 Å². The highest BCUT2D eigenvalue weighted by molar-refractivity contribution is 5.76. The first-order chi connectivity index (χ1) is 10.2. The van der Waals surface area contributed by atoms with E-state index in [0.717, 1.165) is 36.4 Å². The monoisotopic (exact) mass is 279 g/mol. The Hall–Kier alpha value is -2.29. The molecule has 3 heteroatoms. The molecule has 0 spiro atoms. The van der Waals surface area contributed by atoms with Gasteiger partial charge in [0.15, 0.2) is 0 Å². The van der Waals surface area contributed by atoms with Crippen molar-refractivity contribution in [3.05, 3.63) is 59.4 Å². The van der Waals surface area contributed by atoms with E-state index in [1.807, 2.05) is 18.2 Å². The largest absolute Gasteiger partial charge is 0.399 e. The lowest BCUT2D eigenvalue weighted by Crippen LogP contribution is -2.05. The first-order valence-electron chi connectivity index (χ1n) is 7.48. The summed E-state index contributed by atoms with van der Waals surface area (Å²) in [6.45, 7) is 5.31. The Morgan fingerprint density at radius 2 is 1.95 bits per heavy atom. The minimum absolute atomic E-state index is 0.818. The molecule has 0 saturated carbocycles. The van der Waals surface area contributed by atoms with Crippen molar-refractivity contribution in [1.82, 2.24) is 9.55 Å². The molecule has 0 aliphatic heterocycles. The zero-order chi connectivity index (χ0) is 14.8. The molecule has 0 aliphatic rings. The van der Waals surface area contributed by atoms with Gasteiger partial charge in [-0.15, -0.1) is 0 Å². The summed E-state index contributed by atoms with van der Waals surface area (Å²) in [5, 5.41) is 0. The Kier molecular flexibility index (Phi) is 3.65. The van der Waals surface area contributed by atoms with Crippen LogP contribution in [0.2, 0.25) is 0 Å². The van der Waals surface area contributed by atoms with Crippen LogP contribution in [-0.2, 0) is 13.0 Å². The highest BCUT2D eigenvalue weighted by atomic mass is 15.1. The van der Waals surface area contributed by atoms with Crippen LogP contribution in [0.5, 0.6) is 0 Å². The van der Waals surface area contributed by atoms with Crippen molar-refractivity contribution in [2.24, 2.45) is 0 Å². The van der Waals surface area contributed by atoms with Crippen LogP contribution in [0.3, 0.4) is 0 Å². The molecule has 0 saturated heterocycles. The SMILES string of the molecule is CCCn1c(Cc2ccc(N)cc2C)nc2ccccc21. The number of fused-ring (bicyclic) bond motifs is 1. The third kappa shape index (κ3) is 2.64. The number of nitrogen functional groups attached to an aromatic ring is 1. The molecule has 3 aromatic rings. The Morgan fingerprint density at radius 1 is 1.14 bits per heavy atom. The first kappa shape index (κ1) is 13.7. The molecule has 3 nitrogen and oxygen atoms in total. The third-order valence-electron chi connectivity index (χ3n) is 3.90. The van der Waals surface area contributed by atoms with E-state index >= 15 is 0 Å². The fraction of sp³-hybridized carbons (Fsp3) is 0.278. The molecule has 2 N–H and O–H groups in total. The Balaban J connectivity index is 2.05. The fourth-order valence-corrected chi connectivity index (χ4v) is 2.82. The maximum atomic E-state index is 5.84. The average Bonchev–Trinajstić information content (AvgIpc) is 2.81. The normalized spacial score (nSPS) is 11.1. The third-order valence-corrected chi connectivity index (χ3v) is 3.90. The highest BCUT2D eigenvalue weighted by Gasteiger charge is 2.11. The van der Waals surface area contributed by atoms with Gasteiger partial charge in [-0.2, -0.15) is 0 Å². The number of nitrogens with zero attached hydrogens (tertiary/aromatic N) is 2. The van der Waals surface area contributed by atoms with Crippen molar-refractivity contribution < 1.29 is 0 Å². The van der Waals surface area contributed by atoms with Crippen molar-refractivity contribution in [3.8, 4) is 0 Å². The number of hydrogen-bond donors (Lipinski definition) is 1. The number of anilines is 1. The maximum absolute atomic E-state index is 5.84. The second-order valence-electron chi connectivity index (χ2n) is 5.53. The summed E-state index contributed by atoms with van der Waals surface area (Å²) < 4.78 is 2.34. The number of nitrogens with two attached hydrogens (primary N) is 1. The van der Waals surface area contributed by atoms with Crippen LogP contribution < -0.4 is 5.73 Å². The van der Waals surface area contributed by atoms with Gasteiger partial charge in [0.05, 0.1) is 11.0 Å². The van der Waals surface area contributed by atoms with E-state index in [1.165, 1.54) is 16.6 Å². The van der Waals surface area contributed by atoms with E-state index in [1.54, 1.807) is 0 Å². The van der Waals surface area contributed by atoms with Gasteiger partial charge in [0.2, 0.25) is 0 Å². The molecular formula is C18H21N3. The topological polar surface area (TPSA) is 43.8 Å². The lowest BCUT2D eigenvalue weighted by molar-refractivity contribution is 0.664. The van der Waals surface area contributed by atoms with Crippen molar-refractivity contribution in [2.45, 2.75) is 33.2 Å². The van der Waals surface area contributed by atoms with E-state index in [-0.39, 0.29) is 0 Å². The van der Waals surface area contributed by atoms with Gasteiger partial charge in [-0.25, -0.2) is 4.98 Å². The van der Waals surface area contributed by atoms with Gasteiger partial charge >= 0.3 is 0 Å². The van der Waals surface area contributed by atoms with Crippen molar-refractivity contribution >= 4 is 16.7 Å². The van der Waals surface area contributed by atoms with Crippen LogP contribution in [0.15, 0.2) is 42.5 Å². The molecule has 0 atom stereocenters. The molecular weight excluding hydrogens is 258 g/mol. The van der Waals surface area contributed by atoms with Crippen LogP contribution in [0.1, 0.15) is 30.3 Å². The minimum atomic E-state index is 0.818. The molecule has 0 fully saturated rings.